The number of hydrogen-bond acceptors (Lipinski definition) is 2. The fraction of sp³-hybridized carbons (Fsp3) is 0.467. The number of benzene rings is 1. The van der Waals surface area contributed by atoms with E-state index >= 15 is 0 Å². The Morgan fingerprint density at radius 1 is 1.29 bits per heavy atom. The summed E-state index contributed by atoms with van der Waals surface area (Å²) in [4.78, 5) is 2.55. The van der Waals surface area contributed by atoms with Crippen LogP contribution in [0.15, 0.2) is 42.0 Å². The molecule has 1 aromatic carbocycles. The summed E-state index contributed by atoms with van der Waals surface area (Å²) in [6.45, 7) is 5.49. The van der Waals surface area contributed by atoms with Gasteiger partial charge < -0.3 is 5.32 Å². The molecule has 92 valence electrons. The van der Waals surface area contributed by atoms with Gasteiger partial charge in [-0.1, -0.05) is 42.0 Å². The summed E-state index contributed by atoms with van der Waals surface area (Å²) in [5.74, 6) is 0. The Bertz CT molecular complexity index is 370. The molecule has 1 N–H and O–H groups in total. The van der Waals surface area contributed by atoms with E-state index in [9.17, 15) is 0 Å². The SMILES string of the molecule is CNCC(c1ccccc1)N1CC=C(C)CC1. The smallest absolute Gasteiger partial charge is 0.0475 e. The van der Waals surface area contributed by atoms with Crippen molar-refractivity contribution in [1.29, 1.82) is 0 Å². The minimum absolute atomic E-state index is 0.491. The third kappa shape index (κ3) is 3.18. The fourth-order valence-electron chi connectivity index (χ4n) is 2.40. The molecule has 0 bridgehead atoms. The first-order valence-corrected chi connectivity index (χ1v) is 6.40. The minimum atomic E-state index is 0.491. The fourth-order valence-corrected chi connectivity index (χ4v) is 2.40. The van der Waals surface area contributed by atoms with Gasteiger partial charge in [-0.25, -0.2) is 0 Å². The van der Waals surface area contributed by atoms with E-state index in [1.54, 1.807) is 0 Å². The summed E-state index contributed by atoms with van der Waals surface area (Å²) < 4.78 is 0. The highest BCUT2D eigenvalue weighted by Gasteiger charge is 2.20. The van der Waals surface area contributed by atoms with Crippen LogP contribution in [0.1, 0.15) is 24.9 Å². The van der Waals surface area contributed by atoms with Crippen molar-refractivity contribution < 1.29 is 0 Å². The zero-order chi connectivity index (χ0) is 12.1. The molecule has 0 saturated carbocycles. The zero-order valence-corrected chi connectivity index (χ0v) is 10.8. The maximum absolute atomic E-state index is 3.31. The molecule has 1 aliphatic heterocycles. The normalized spacial score (nSPS) is 18.8. The van der Waals surface area contributed by atoms with Gasteiger partial charge in [0, 0.05) is 25.7 Å². The lowest BCUT2D eigenvalue weighted by molar-refractivity contribution is 0.210. The molecule has 17 heavy (non-hydrogen) atoms. The average Bonchev–Trinajstić information content (AvgIpc) is 2.38. The Labute approximate surface area is 104 Å². The summed E-state index contributed by atoms with van der Waals surface area (Å²) in [6, 6.07) is 11.3. The third-order valence-electron chi connectivity index (χ3n) is 3.49. The van der Waals surface area contributed by atoms with E-state index in [1.807, 2.05) is 7.05 Å². The van der Waals surface area contributed by atoms with Crippen molar-refractivity contribution in [2.75, 3.05) is 26.7 Å². The van der Waals surface area contributed by atoms with Crippen LogP contribution >= 0.6 is 0 Å². The van der Waals surface area contributed by atoms with Crippen molar-refractivity contribution in [3.8, 4) is 0 Å². The summed E-state index contributed by atoms with van der Waals surface area (Å²) in [5.41, 5.74) is 2.94. The highest BCUT2D eigenvalue weighted by molar-refractivity contribution is 5.20. The molecule has 1 atom stereocenters. The second kappa shape index (κ2) is 5.99. The second-order valence-electron chi connectivity index (χ2n) is 4.78. The molecule has 1 aromatic rings. The molecule has 2 heteroatoms. The van der Waals surface area contributed by atoms with Crippen LogP contribution in [0.25, 0.3) is 0 Å². The first-order chi connectivity index (χ1) is 8.31. The number of likely N-dealkylation sites (N-methyl/N-ethyl adjacent to an activating group) is 1. The van der Waals surface area contributed by atoms with E-state index in [2.05, 4.69) is 53.5 Å². The number of nitrogens with zero attached hydrogens (tertiary/aromatic N) is 1. The third-order valence-corrected chi connectivity index (χ3v) is 3.49. The molecule has 2 nitrogen and oxygen atoms in total. The molecule has 0 spiro atoms. The summed E-state index contributed by atoms with van der Waals surface area (Å²) in [5, 5.41) is 3.31. The second-order valence-corrected chi connectivity index (χ2v) is 4.78. The van der Waals surface area contributed by atoms with Crippen molar-refractivity contribution in [2.24, 2.45) is 0 Å². The molecule has 1 heterocycles. The van der Waals surface area contributed by atoms with E-state index in [0.29, 0.717) is 6.04 Å². The van der Waals surface area contributed by atoms with Gasteiger partial charge in [-0.15, -0.1) is 0 Å². The standard InChI is InChI=1S/C15H22N2/c1-13-8-10-17(11-9-13)15(12-16-2)14-6-4-3-5-7-14/h3-8,15-16H,9-12H2,1-2H3. The molecule has 1 aliphatic rings. The lowest BCUT2D eigenvalue weighted by Gasteiger charge is -2.33. The Morgan fingerprint density at radius 2 is 2.06 bits per heavy atom. The van der Waals surface area contributed by atoms with Crippen molar-refractivity contribution >= 4 is 0 Å². The number of nitrogens with one attached hydrogen (secondary N) is 1. The van der Waals surface area contributed by atoms with Gasteiger partial charge in [-0.05, 0) is 26.0 Å². The summed E-state index contributed by atoms with van der Waals surface area (Å²) in [7, 11) is 2.03. The van der Waals surface area contributed by atoms with E-state index in [4.69, 9.17) is 0 Å². The minimum Gasteiger partial charge on any atom is -0.318 e. The topological polar surface area (TPSA) is 15.3 Å². The maximum Gasteiger partial charge on any atom is 0.0475 e. The van der Waals surface area contributed by atoms with Crippen LogP contribution in [-0.2, 0) is 0 Å². The zero-order valence-electron chi connectivity index (χ0n) is 10.8. The van der Waals surface area contributed by atoms with Crippen LogP contribution < -0.4 is 5.32 Å². The van der Waals surface area contributed by atoms with Crippen LogP contribution in [0, 0.1) is 0 Å². The van der Waals surface area contributed by atoms with Gasteiger partial charge in [0.2, 0.25) is 0 Å². The van der Waals surface area contributed by atoms with Crippen molar-refractivity contribution in [3.05, 3.63) is 47.5 Å². The molecule has 0 saturated heterocycles. The molecule has 0 aliphatic carbocycles. The van der Waals surface area contributed by atoms with Gasteiger partial charge in [-0.3, -0.25) is 4.90 Å². The highest BCUT2D eigenvalue weighted by atomic mass is 15.2. The Kier molecular flexibility index (Phi) is 4.35. The molecular weight excluding hydrogens is 208 g/mol. The van der Waals surface area contributed by atoms with E-state index in [0.717, 1.165) is 13.1 Å². The molecule has 0 aromatic heterocycles. The predicted molar refractivity (Wildman–Crippen MR) is 73.1 cm³/mol. The summed E-state index contributed by atoms with van der Waals surface area (Å²) in [6.07, 6.45) is 3.56. The molecule has 1 unspecified atom stereocenters. The van der Waals surface area contributed by atoms with E-state index in [1.165, 1.54) is 24.1 Å². The van der Waals surface area contributed by atoms with Gasteiger partial charge in [0.1, 0.15) is 0 Å². The van der Waals surface area contributed by atoms with Crippen LogP contribution in [-0.4, -0.2) is 31.6 Å². The van der Waals surface area contributed by atoms with Crippen LogP contribution in [0.3, 0.4) is 0 Å². The first kappa shape index (κ1) is 12.3. The van der Waals surface area contributed by atoms with Crippen LogP contribution in [0.4, 0.5) is 0 Å². The predicted octanol–water partition coefficient (Wildman–Crippen LogP) is 2.60. The average molecular weight is 230 g/mol. The van der Waals surface area contributed by atoms with Crippen LogP contribution in [0.2, 0.25) is 0 Å². The van der Waals surface area contributed by atoms with Crippen molar-refractivity contribution in [1.82, 2.24) is 10.2 Å². The lowest BCUT2D eigenvalue weighted by Crippen LogP contribution is -2.37. The Balaban J connectivity index is 2.13. The highest BCUT2D eigenvalue weighted by Crippen LogP contribution is 2.23. The van der Waals surface area contributed by atoms with Crippen molar-refractivity contribution in [3.63, 3.8) is 0 Å². The van der Waals surface area contributed by atoms with E-state index in [-0.39, 0.29) is 0 Å². The maximum atomic E-state index is 3.31. The van der Waals surface area contributed by atoms with Crippen molar-refractivity contribution in [2.45, 2.75) is 19.4 Å². The molecule has 0 amide bonds. The monoisotopic (exact) mass is 230 g/mol. The number of hydrogen-bond donors (Lipinski definition) is 1. The summed E-state index contributed by atoms with van der Waals surface area (Å²) >= 11 is 0. The molecule has 0 radical (unpaired) electrons. The quantitative estimate of drug-likeness (QED) is 0.800. The van der Waals surface area contributed by atoms with Gasteiger partial charge in [0.05, 0.1) is 0 Å². The van der Waals surface area contributed by atoms with Gasteiger partial charge in [0.25, 0.3) is 0 Å². The van der Waals surface area contributed by atoms with Gasteiger partial charge >= 0.3 is 0 Å². The number of rotatable bonds is 4. The van der Waals surface area contributed by atoms with E-state index < -0.39 is 0 Å². The lowest BCUT2D eigenvalue weighted by atomic mass is 10.0. The first-order valence-electron chi connectivity index (χ1n) is 6.40. The van der Waals surface area contributed by atoms with Gasteiger partial charge in [0.15, 0.2) is 0 Å². The Hall–Kier alpha value is -1.12. The molecule has 0 fully saturated rings. The molecular formula is C15H22N2. The largest absolute Gasteiger partial charge is 0.318 e. The van der Waals surface area contributed by atoms with Crippen LogP contribution in [0.5, 0.6) is 0 Å². The molecule has 2 rings (SSSR count). The Morgan fingerprint density at radius 3 is 2.65 bits per heavy atom. The van der Waals surface area contributed by atoms with Gasteiger partial charge in [-0.2, -0.15) is 0 Å².